The number of benzene rings is 1. The highest BCUT2D eigenvalue weighted by Crippen LogP contribution is 2.34. The molecule has 5 heteroatoms. The number of rotatable bonds is 8. The summed E-state index contributed by atoms with van der Waals surface area (Å²) in [6.45, 7) is 13.6. The topological polar surface area (TPSA) is 54.5 Å². The van der Waals surface area contributed by atoms with Crippen molar-refractivity contribution < 1.29 is 13.2 Å². The van der Waals surface area contributed by atoms with Crippen LogP contribution in [-0.4, -0.2) is 41.8 Å². The zero-order valence-corrected chi connectivity index (χ0v) is 21.5. The molecule has 1 amide bonds. The van der Waals surface area contributed by atoms with Crippen molar-refractivity contribution in [2.24, 2.45) is 11.8 Å². The van der Waals surface area contributed by atoms with Gasteiger partial charge in [0.1, 0.15) is 0 Å². The van der Waals surface area contributed by atoms with Crippen LogP contribution in [-0.2, 0) is 16.3 Å². The average Bonchev–Trinajstić information content (AvgIpc) is 2.66. The molecule has 1 aromatic rings. The largest absolute Gasteiger partial charge is 0.334 e. The highest BCUT2D eigenvalue weighted by atomic mass is 32.2. The summed E-state index contributed by atoms with van der Waals surface area (Å²) in [5, 5.41) is 0. The van der Waals surface area contributed by atoms with Crippen LogP contribution in [0.2, 0.25) is 0 Å². The predicted molar refractivity (Wildman–Crippen MR) is 130 cm³/mol. The summed E-state index contributed by atoms with van der Waals surface area (Å²) in [6.07, 6.45) is 6.32. The Hall–Kier alpha value is -1.36. The van der Waals surface area contributed by atoms with E-state index in [2.05, 4.69) is 39.8 Å². The highest BCUT2D eigenvalue weighted by molar-refractivity contribution is 7.92. The second-order valence-electron chi connectivity index (χ2n) is 10.9. The number of amides is 1. The lowest BCUT2D eigenvalue weighted by Crippen LogP contribution is -2.42. The smallest absolute Gasteiger partial charge is 0.254 e. The molecule has 1 fully saturated rings. The lowest BCUT2D eigenvalue weighted by atomic mass is 9.80. The van der Waals surface area contributed by atoms with Gasteiger partial charge in [0.25, 0.3) is 5.91 Å². The van der Waals surface area contributed by atoms with Crippen LogP contribution in [0.4, 0.5) is 0 Å². The van der Waals surface area contributed by atoms with E-state index in [0.717, 1.165) is 44.1 Å². The molecule has 1 aromatic carbocycles. The van der Waals surface area contributed by atoms with Crippen molar-refractivity contribution in [1.29, 1.82) is 0 Å². The first-order valence-corrected chi connectivity index (χ1v) is 13.6. The first-order chi connectivity index (χ1) is 14.3. The Labute approximate surface area is 190 Å². The molecular formula is C26H43NO3S. The van der Waals surface area contributed by atoms with Crippen molar-refractivity contribution in [2.45, 2.75) is 104 Å². The van der Waals surface area contributed by atoms with Crippen LogP contribution in [0.1, 0.15) is 96.5 Å². The molecule has 0 radical (unpaired) electrons. The van der Waals surface area contributed by atoms with E-state index in [-0.39, 0.29) is 18.0 Å². The number of aryl methyl sites for hydroxylation is 1. The number of carbonyl (C=O) groups excluding carboxylic acids is 1. The Morgan fingerprint density at radius 1 is 1.00 bits per heavy atom. The predicted octanol–water partition coefficient (Wildman–Crippen LogP) is 5.90. The standard InChI is InChI=1S/C26H43NO3S/c1-19(2)27(20(3)4)25(28)24-10-8-9-22(17-24)14-11-21-12-15-23(16-13-21)18-31(29,30)26(5,6)7/h8-10,17,19-21,23H,11-16,18H2,1-7H3. The molecule has 1 aliphatic rings. The minimum absolute atomic E-state index is 0.104. The van der Waals surface area contributed by atoms with Crippen molar-refractivity contribution >= 4 is 15.7 Å². The van der Waals surface area contributed by atoms with E-state index in [4.69, 9.17) is 0 Å². The van der Waals surface area contributed by atoms with E-state index in [1.54, 1.807) is 20.8 Å². The maximum atomic E-state index is 13.0. The Bertz CT molecular complexity index is 820. The summed E-state index contributed by atoms with van der Waals surface area (Å²) >= 11 is 0. The molecule has 0 heterocycles. The van der Waals surface area contributed by atoms with Crippen molar-refractivity contribution in [1.82, 2.24) is 4.90 Å². The number of hydrogen-bond donors (Lipinski definition) is 0. The van der Waals surface area contributed by atoms with Crippen LogP contribution < -0.4 is 0 Å². The molecule has 0 atom stereocenters. The van der Waals surface area contributed by atoms with E-state index in [1.165, 1.54) is 5.56 Å². The van der Waals surface area contributed by atoms with Gasteiger partial charge in [0.15, 0.2) is 9.84 Å². The second kappa shape index (κ2) is 10.5. The number of hydrogen-bond acceptors (Lipinski definition) is 3. The molecule has 1 saturated carbocycles. The van der Waals surface area contributed by atoms with Gasteiger partial charge in [-0.3, -0.25) is 4.79 Å². The average molecular weight is 450 g/mol. The van der Waals surface area contributed by atoms with Gasteiger partial charge in [0.2, 0.25) is 0 Å². The van der Waals surface area contributed by atoms with E-state index < -0.39 is 14.6 Å². The molecule has 0 N–H and O–H groups in total. The molecule has 176 valence electrons. The van der Waals surface area contributed by atoms with E-state index >= 15 is 0 Å². The fourth-order valence-corrected chi connectivity index (χ4v) is 6.15. The molecule has 4 nitrogen and oxygen atoms in total. The Balaban J connectivity index is 1.90. The van der Waals surface area contributed by atoms with Crippen LogP contribution in [0.5, 0.6) is 0 Å². The van der Waals surface area contributed by atoms with E-state index in [0.29, 0.717) is 17.6 Å². The molecule has 0 bridgehead atoms. The summed E-state index contributed by atoms with van der Waals surface area (Å²) in [4.78, 5) is 14.9. The number of carbonyl (C=O) groups is 1. The zero-order valence-electron chi connectivity index (χ0n) is 20.6. The fourth-order valence-electron chi connectivity index (χ4n) is 4.69. The minimum atomic E-state index is -3.04. The van der Waals surface area contributed by atoms with Crippen LogP contribution in [0.15, 0.2) is 24.3 Å². The molecule has 0 unspecified atom stereocenters. The SMILES string of the molecule is CC(C)N(C(=O)c1cccc(CCC2CCC(CS(=O)(=O)C(C)(C)C)CC2)c1)C(C)C. The van der Waals surface area contributed by atoms with Gasteiger partial charge in [-0.15, -0.1) is 0 Å². The van der Waals surface area contributed by atoms with Crippen LogP contribution >= 0.6 is 0 Å². The molecule has 0 aromatic heterocycles. The summed E-state index contributed by atoms with van der Waals surface area (Å²) < 4.78 is 24.3. The van der Waals surface area contributed by atoms with Gasteiger partial charge in [-0.05, 0) is 104 Å². The van der Waals surface area contributed by atoms with Gasteiger partial charge in [-0.2, -0.15) is 0 Å². The van der Waals surface area contributed by atoms with Crippen molar-refractivity contribution in [3.63, 3.8) is 0 Å². The lowest BCUT2D eigenvalue weighted by Gasteiger charge is -2.31. The van der Waals surface area contributed by atoms with E-state index in [9.17, 15) is 13.2 Å². The summed E-state index contributed by atoms with van der Waals surface area (Å²) in [6, 6.07) is 8.44. The van der Waals surface area contributed by atoms with Gasteiger partial charge < -0.3 is 4.90 Å². The Kier molecular flexibility index (Phi) is 8.77. The molecule has 31 heavy (non-hydrogen) atoms. The van der Waals surface area contributed by atoms with E-state index in [1.807, 2.05) is 17.0 Å². The van der Waals surface area contributed by atoms with Crippen molar-refractivity contribution in [3.05, 3.63) is 35.4 Å². The molecular weight excluding hydrogens is 406 g/mol. The Morgan fingerprint density at radius 3 is 2.06 bits per heavy atom. The molecule has 0 saturated heterocycles. The van der Waals surface area contributed by atoms with Gasteiger partial charge in [-0.25, -0.2) is 8.42 Å². The summed E-state index contributed by atoms with van der Waals surface area (Å²) in [7, 11) is -3.04. The second-order valence-corrected chi connectivity index (χ2v) is 13.7. The molecule has 0 aliphatic heterocycles. The van der Waals surface area contributed by atoms with Crippen LogP contribution in [0.25, 0.3) is 0 Å². The van der Waals surface area contributed by atoms with Crippen LogP contribution in [0.3, 0.4) is 0 Å². The molecule has 0 spiro atoms. The fraction of sp³-hybridized carbons (Fsp3) is 0.731. The molecule has 2 rings (SSSR count). The third-order valence-corrected chi connectivity index (χ3v) is 9.49. The molecule has 1 aliphatic carbocycles. The normalized spacial score (nSPS) is 20.3. The quantitative estimate of drug-likeness (QED) is 0.496. The van der Waals surface area contributed by atoms with Gasteiger partial charge in [-0.1, -0.05) is 25.0 Å². The van der Waals surface area contributed by atoms with Crippen molar-refractivity contribution in [2.75, 3.05) is 5.75 Å². The monoisotopic (exact) mass is 449 g/mol. The Morgan fingerprint density at radius 2 is 1.55 bits per heavy atom. The number of sulfone groups is 1. The maximum absolute atomic E-state index is 13.0. The number of nitrogens with zero attached hydrogens (tertiary/aromatic N) is 1. The first-order valence-electron chi connectivity index (χ1n) is 12.0. The highest BCUT2D eigenvalue weighted by Gasteiger charge is 2.33. The van der Waals surface area contributed by atoms with Gasteiger partial charge >= 0.3 is 0 Å². The van der Waals surface area contributed by atoms with Gasteiger partial charge in [0.05, 0.1) is 10.5 Å². The maximum Gasteiger partial charge on any atom is 0.254 e. The zero-order chi connectivity index (χ0) is 23.4. The first kappa shape index (κ1) is 25.9. The van der Waals surface area contributed by atoms with Crippen LogP contribution in [0, 0.1) is 11.8 Å². The van der Waals surface area contributed by atoms with Gasteiger partial charge in [0, 0.05) is 17.6 Å². The van der Waals surface area contributed by atoms with Crippen molar-refractivity contribution in [3.8, 4) is 0 Å². The summed E-state index contributed by atoms with van der Waals surface area (Å²) in [5.74, 6) is 1.39. The lowest BCUT2D eigenvalue weighted by molar-refractivity contribution is 0.0643. The third-order valence-electron chi connectivity index (χ3n) is 6.72. The third kappa shape index (κ3) is 7.06. The minimum Gasteiger partial charge on any atom is -0.334 e. The summed E-state index contributed by atoms with van der Waals surface area (Å²) in [5.41, 5.74) is 1.99.